The summed E-state index contributed by atoms with van der Waals surface area (Å²) in [5.74, 6) is -0.158. The summed E-state index contributed by atoms with van der Waals surface area (Å²) in [6.07, 6.45) is 0.423. The van der Waals surface area contributed by atoms with E-state index in [-0.39, 0.29) is 17.4 Å². The maximum Gasteiger partial charge on any atom is 0.244 e. The number of benzene rings is 1. The summed E-state index contributed by atoms with van der Waals surface area (Å²) in [5, 5.41) is 0. The maximum absolute atomic E-state index is 13.0. The van der Waals surface area contributed by atoms with Gasteiger partial charge in [-0.25, -0.2) is 16.8 Å². The predicted molar refractivity (Wildman–Crippen MR) is 89.8 cm³/mol. The molecule has 8 heteroatoms. The molecule has 2 atom stereocenters. The van der Waals surface area contributed by atoms with Crippen molar-refractivity contribution < 1.29 is 16.8 Å². The van der Waals surface area contributed by atoms with Crippen LogP contribution in [0.4, 0.5) is 0 Å². The van der Waals surface area contributed by atoms with E-state index in [0.29, 0.717) is 0 Å². The fourth-order valence-electron chi connectivity index (χ4n) is 3.07. The van der Waals surface area contributed by atoms with Gasteiger partial charge in [-0.15, -0.1) is 0 Å². The molecule has 0 saturated carbocycles. The van der Waals surface area contributed by atoms with Gasteiger partial charge in [0.25, 0.3) is 0 Å². The van der Waals surface area contributed by atoms with Gasteiger partial charge in [-0.1, -0.05) is 31.5 Å². The molecule has 0 aliphatic carbocycles. The molecule has 1 saturated heterocycles. The van der Waals surface area contributed by atoms with Crippen molar-refractivity contribution in [1.82, 2.24) is 8.61 Å². The smallest absolute Gasteiger partial charge is 0.212 e. The monoisotopic (exact) mass is 360 g/mol. The third kappa shape index (κ3) is 3.45. The molecule has 1 aromatic rings. The molecule has 0 radical (unpaired) electrons. The predicted octanol–water partition coefficient (Wildman–Crippen LogP) is 1.63. The first-order chi connectivity index (χ1) is 10.5. The Morgan fingerprint density at radius 2 is 1.61 bits per heavy atom. The van der Waals surface area contributed by atoms with Crippen LogP contribution in [0.1, 0.15) is 26.3 Å². The molecule has 2 rings (SSSR count). The fourth-order valence-corrected chi connectivity index (χ4v) is 6.39. The summed E-state index contributed by atoms with van der Waals surface area (Å²) in [4.78, 5) is 0.191. The number of nitrogens with zero attached hydrogens (tertiary/aromatic N) is 2. The molecule has 23 heavy (non-hydrogen) atoms. The molecule has 0 amide bonds. The lowest BCUT2D eigenvalue weighted by Crippen LogP contribution is -2.48. The van der Waals surface area contributed by atoms with Gasteiger partial charge in [0.1, 0.15) is 0 Å². The minimum atomic E-state index is -3.75. The normalized spacial score (nSPS) is 24.4. The zero-order valence-corrected chi connectivity index (χ0v) is 15.7. The Balaban J connectivity index is 2.51. The van der Waals surface area contributed by atoms with Gasteiger partial charge in [-0.2, -0.15) is 8.61 Å². The number of aryl methyl sites for hydroxylation is 1. The third-order valence-corrected chi connectivity index (χ3v) is 7.23. The third-order valence-electron chi connectivity index (χ3n) is 4.04. The molecule has 1 aromatic carbocycles. The van der Waals surface area contributed by atoms with Gasteiger partial charge in [0.15, 0.2) is 0 Å². The van der Waals surface area contributed by atoms with Crippen LogP contribution in [0.3, 0.4) is 0 Å². The van der Waals surface area contributed by atoms with Crippen LogP contribution in [0.25, 0.3) is 0 Å². The standard InChI is InChI=1S/C15H24N2O4S2/c1-11(2)15-16(10-13(4)17(15)22(5,18)19)23(20,21)14-8-6-12(3)7-9-14/h6-9,11,13,15H,10H2,1-5H3/t13-,15+/m0/s1. The first kappa shape index (κ1) is 18.4. The molecule has 1 aliphatic heterocycles. The van der Waals surface area contributed by atoms with Crippen molar-refractivity contribution in [2.45, 2.75) is 44.8 Å². The summed E-state index contributed by atoms with van der Waals surface area (Å²) in [6.45, 7) is 7.45. The Bertz CT molecular complexity index is 770. The molecule has 0 bridgehead atoms. The highest BCUT2D eigenvalue weighted by atomic mass is 32.2. The zero-order valence-electron chi connectivity index (χ0n) is 14.1. The molecular formula is C15H24N2O4S2. The van der Waals surface area contributed by atoms with Crippen molar-refractivity contribution in [3.63, 3.8) is 0 Å². The highest BCUT2D eigenvalue weighted by Crippen LogP contribution is 2.33. The lowest BCUT2D eigenvalue weighted by atomic mass is 10.2. The highest BCUT2D eigenvalue weighted by Gasteiger charge is 2.49. The second-order valence-electron chi connectivity index (χ2n) is 6.49. The van der Waals surface area contributed by atoms with Crippen LogP contribution in [0.15, 0.2) is 29.2 Å². The van der Waals surface area contributed by atoms with E-state index in [2.05, 4.69) is 0 Å². The van der Waals surface area contributed by atoms with Crippen molar-refractivity contribution >= 4 is 20.0 Å². The van der Waals surface area contributed by atoms with Crippen LogP contribution in [0.2, 0.25) is 0 Å². The van der Waals surface area contributed by atoms with E-state index in [0.717, 1.165) is 11.8 Å². The van der Waals surface area contributed by atoms with Crippen LogP contribution < -0.4 is 0 Å². The Labute approximate surface area is 139 Å². The average Bonchev–Trinajstić information content (AvgIpc) is 2.77. The molecular weight excluding hydrogens is 336 g/mol. The molecule has 0 spiro atoms. The second-order valence-corrected chi connectivity index (χ2v) is 10.3. The first-order valence-corrected chi connectivity index (χ1v) is 10.8. The van der Waals surface area contributed by atoms with E-state index < -0.39 is 32.3 Å². The molecule has 1 fully saturated rings. The molecule has 6 nitrogen and oxygen atoms in total. The Morgan fingerprint density at radius 1 is 1.09 bits per heavy atom. The summed E-state index contributed by atoms with van der Waals surface area (Å²) in [6, 6.07) is 6.22. The van der Waals surface area contributed by atoms with Gasteiger partial charge < -0.3 is 0 Å². The minimum absolute atomic E-state index is 0.158. The van der Waals surface area contributed by atoms with Gasteiger partial charge in [0.05, 0.1) is 17.3 Å². The zero-order chi connectivity index (χ0) is 17.6. The lowest BCUT2D eigenvalue weighted by Gasteiger charge is -2.32. The van der Waals surface area contributed by atoms with E-state index in [1.54, 1.807) is 31.2 Å². The van der Waals surface area contributed by atoms with Crippen LogP contribution >= 0.6 is 0 Å². The van der Waals surface area contributed by atoms with Gasteiger partial charge in [0.2, 0.25) is 20.0 Å². The summed E-state index contributed by atoms with van der Waals surface area (Å²) in [5.41, 5.74) is 0.969. The molecule has 130 valence electrons. The summed E-state index contributed by atoms with van der Waals surface area (Å²) >= 11 is 0. The topological polar surface area (TPSA) is 74.8 Å². The average molecular weight is 361 g/mol. The Hall–Kier alpha value is -0.960. The quantitative estimate of drug-likeness (QED) is 0.818. The summed E-state index contributed by atoms with van der Waals surface area (Å²) in [7, 11) is -7.25. The van der Waals surface area contributed by atoms with Crippen molar-refractivity contribution in [3.8, 4) is 0 Å². The summed E-state index contributed by atoms with van der Waals surface area (Å²) < 4.78 is 52.8. The van der Waals surface area contributed by atoms with Crippen molar-refractivity contribution in [3.05, 3.63) is 29.8 Å². The second kappa shape index (κ2) is 6.16. The Kier molecular flexibility index (Phi) is 4.92. The fraction of sp³-hybridized carbons (Fsp3) is 0.600. The molecule has 0 aromatic heterocycles. The van der Waals surface area contributed by atoms with Crippen LogP contribution in [-0.2, 0) is 20.0 Å². The largest absolute Gasteiger partial charge is 0.244 e. The number of hydrogen-bond acceptors (Lipinski definition) is 4. The van der Waals surface area contributed by atoms with E-state index in [1.165, 1.54) is 8.61 Å². The number of rotatable bonds is 4. The van der Waals surface area contributed by atoms with Crippen LogP contribution in [-0.4, -0.2) is 50.5 Å². The number of sulfonamides is 2. The van der Waals surface area contributed by atoms with E-state index in [4.69, 9.17) is 0 Å². The van der Waals surface area contributed by atoms with E-state index in [9.17, 15) is 16.8 Å². The number of hydrogen-bond donors (Lipinski definition) is 0. The SMILES string of the molecule is Cc1ccc(S(=O)(=O)N2C[C@H](C)N(S(C)(=O)=O)[C@@H]2C(C)C)cc1. The maximum atomic E-state index is 13.0. The van der Waals surface area contributed by atoms with E-state index in [1.807, 2.05) is 20.8 Å². The van der Waals surface area contributed by atoms with E-state index >= 15 is 0 Å². The van der Waals surface area contributed by atoms with Gasteiger partial charge in [-0.05, 0) is 31.9 Å². The van der Waals surface area contributed by atoms with Crippen LogP contribution in [0, 0.1) is 12.8 Å². The van der Waals surface area contributed by atoms with Crippen molar-refractivity contribution in [2.75, 3.05) is 12.8 Å². The van der Waals surface area contributed by atoms with Gasteiger partial charge in [-0.3, -0.25) is 0 Å². The molecule has 1 heterocycles. The van der Waals surface area contributed by atoms with Gasteiger partial charge >= 0.3 is 0 Å². The van der Waals surface area contributed by atoms with Gasteiger partial charge in [0, 0.05) is 12.6 Å². The van der Waals surface area contributed by atoms with Crippen molar-refractivity contribution in [1.29, 1.82) is 0 Å². The minimum Gasteiger partial charge on any atom is -0.212 e. The molecule has 0 unspecified atom stereocenters. The highest BCUT2D eigenvalue weighted by molar-refractivity contribution is 7.89. The molecule has 1 aliphatic rings. The Morgan fingerprint density at radius 3 is 2.04 bits per heavy atom. The van der Waals surface area contributed by atoms with Crippen LogP contribution in [0.5, 0.6) is 0 Å². The molecule has 0 N–H and O–H groups in total. The lowest BCUT2D eigenvalue weighted by molar-refractivity contribution is 0.209. The first-order valence-electron chi connectivity index (χ1n) is 7.53. The van der Waals surface area contributed by atoms with Crippen molar-refractivity contribution in [2.24, 2.45) is 5.92 Å².